The standard InChI is InChI=1S/C15H15FN4O/c16-13-10(6-7-18-14(13)20-17)15(21)19-12-8-11(12)9-4-2-1-3-5-9/h1-7,11-12H,8,17H2,(H,18,20)(H,19,21). The number of amides is 1. The fraction of sp³-hybridized carbons (Fsp3) is 0.200. The molecule has 21 heavy (non-hydrogen) atoms. The molecule has 5 nitrogen and oxygen atoms in total. The van der Waals surface area contributed by atoms with E-state index in [9.17, 15) is 9.18 Å². The zero-order valence-electron chi connectivity index (χ0n) is 11.2. The molecule has 1 aromatic heterocycles. The average Bonchev–Trinajstić information content (AvgIpc) is 3.27. The molecule has 0 aliphatic heterocycles. The fourth-order valence-electron chi connectivity index (χ4n) is 2.39. The monoisotopic (exact) mass is 286 g/mol. The van der Waals surface area contributed by atoms with E-state index >= 15 is 0 Å². The third-order valence-corrected chi connectivity index (χ3v) is 3.61. The van der Waals surface area contributed by atoms with Crippen LogP contribution in [0.5, 0.6) is 0 Å². The van der Waals surface area contributed by atoms with Crippen molar-refractivity contribution >= 4 is 11.7 Å². The first-order valence-corrected chi connectivity index (χ1v) is 6.67. The number of carbonyl (C=O) groups is 1. The summed E-state index contributed by atoms with van der Waals surface area (Å²) in [5.41, 5.74) is 3.25. The number of hydrogen-bond acceptors (Lipinski definition) is 4. The smallest absolute Gasteiger partial charge is 0.254 e. The Morgan fingerprint density at radius 1 is 1.29 bits per heavy atom. The van der Waals surface area contributed by atoms with Gasteiger partial charge in [0.25, 0.3) is 5.91 Å². The van der Waals surface area contributed by atoms with E-state index in [2.05, 4.69) is 15.7 Å². The number of hydrogen-bond donors (Lipinski definition) is 3. The molecule has 1 amide bonds. The third-order valence-electron chi connectivity index (χ3n) is 3.61. The lowest BCUT2D eigenvalue weighted by Crippen LogP contribution is -2.28. The van der Waals surface area contributed by atoms with E-state index in [0.29, 0.717) is 5.92 Å². The van der Waals surface area contributed by atoms with Crippen LogP contribution in [0.25, 0.3) is 0 Å². The summed E-state index contributed by atoms with van der Waals surface area (Å²) in [6, 6.07) is 11.3. The molecule has 0 saturated heterocycles. The van der Waals surface area contributed by atoms with Gasteiger partial charge in [0, 0.05) is 18.2 Å². The predicted molar refractivity (Wildman–Crippen MR) is 77.1 cm³/mol. The van der Waals surface area contributed by atoms with Crippen LogP contribution >= 0.6 is 0 Å². The molecule has 108 valence electrons. The van der Waals surface area contributed by atoms with E-state index in [-0.39, 0.29) is 17.4 Å². The lowest BCUT2D eigenvalue weighted by molar-refractivity contribution is 0.0946. The van der Waals surface area contributed by atoms with Gasteiger partial charge in [0.15, 0.2) is 11.6 Å². The molecule has 0 radical (unpaired) electrons. The van der Waals surface area contributed by atoms with Crippen LogP contribution < -0.4 is 16.6 Å². The summed E-state index contributed by atoms with van der Waals surface area (Å²) in [7, 11) is 0. The van der Waals surface area contributed by atoms with E-state index in [1.807, 2.05) is 30.3 Å². The second-order valence-corrected chi connectivity index (χ2v) is 5.00. The number of anilines is 1. The van der Waals surface area contributed by atoms with Gasteiger partial charge in [-0.05, 0) is 18.1 Å². The van der Waals surface area contributed by atoms with Gasteiger partial charge in [0.2, 0.25) is 0 Å². The molecular weight excluding hydrogens is 271 g/mol. The van der Waals surface area contributed by atoms with E-state index in [1.54, 1.807) is 0 Å². The van der Waals surface area contributed by atoms with Gasteiger partial charge in [-0.1, -0.05) is 30.3 Å². The van der Waals surface area contributed by atoms with Gasteiger partial charge >= 0.3 is 0 Å². The normalized spacial score (nSPS) is 19.9. The molecule has 6 heteroatoms. The lowest BCUT2D eigenvalue weighted by Gasteiger charge is -2.08. The van der Waals surface area contributed by atoms with Crippen LogP contribution in [0.3, 0.4) is 0 Å². The van der Waals surface area contributed by atoms with Crippen LogP contribution in [0.2, 0.25) is 0 Å². The number of nitrogen functional groups attached to an aromatic ring is 1. The van der Waals surface area contributed by atoms with Crippen LogP contribution in [0.15, 0.2) is 42.6 Å². The minimum Gasteiger partial charge on any atom is -0.349 e. The van der Waals surface area contributed by atoms with Crippen molar-refractivity contribution in [3.8, 4) is 0 Å². The van der Waals surface area contributed by atoms with Crippen LogP contribution in [0.4, 0.5) is 10.2 Å². The Kier molecular flexibility index (Phi) is 3.53. The molecule has 2 aromatic rings. The number of nitrogens with zero attached hydrogens (tertiary/aromatic N) is 1. The molecule has 0 bridgehead atoms. The van der Waals surface area contributed by atoms with Crippen molar-refractivity contribution in [1.82, 2.24) is 10.3 Å². The SMILES string of the molecule is NNc1nccc(C(=O)NC2CC2c2ccccc2)c1F. The number of aromatic nitrogens is 1. The van der Waals surface area contributed by atoms with Crippen molar-refractivity contribution in [3.05, 3.63) is 59.5 Å². The number of carbonyl (C=O) groups excluding carboxylic acids is 1. The first-order chi connectivity index (χ1) is 10.2. The highest BCUT2D eigenvalue weighted by molar-refractivity contribution is 5.95. The molecule has 2 atom stereocenters. The van der Waals surface area contributed by atoms with Crippen molar-refractivity contribution in [2.75, 3.05) is 5.43 Å². The summed E-state index contributed by atoms with van der Waals surface area (Å²) in [6.07, 6.45) is 2.21. The van der Waals surface area contributed by atoms with E-state index in [0.717, 1.165) is 6.42 Å². The molecule has 1 aliphatic carbocycles. The largest absolute Gasteiger partial charge is 0.349 e. The van der Waals surface area contributed by atoms with E-state index in [4.69, 9.17) is 5.84 Å². The topological polar surface area (TPSA) is 80.0 Å². The van der Waals surface area contributed by atoms with Crippen LogP contribution in [0.1, 0.15) is 28.3 Å². The summed E-state index contributed by atoms with van der Waals surface area (Å²) in [5.74, 6) is 4.11. The number of pyridine rings is 1. The summed E-state index contributed by atoms with van der Waals surface area (Å²) in [5, 5.41) is 2.84. The maximum absolute atomic E-state index is 13.9. The highest BCUT2D eigenvalue weighted by Crippen LogP contribution is 2.40. The summed E-state index contributed by atoms with van der Waals surface area (Å²) < 4.78 is 13.9. The Morgan fingerprint density at radius 3 is 2.76 bits per heavy atom. The molecule has 1 fully saturated rings. The zero-order chi connectivity index (χ0) is 14.8. The highest BCUT2D eigenvalue weighted by atomic mass is 19.1. The number of hydrazine groups is 1. The average molecular weight is 286 g/mol. The first kappa shape index (κ1) is 13.5. The fourth-order valence-corrected chi connectivity index (χ4v) is 2.39. The van der Waals surface area contributed by atoms with E-state index < -0.39 is 11.7 Å². The number of halogens is 1. The van der Waals surface area contributed by atoms with Crippen molar-refractivity contribution in [2.24, 2.45) is 5.84 Å². The summed E-state index contributed by atoms with van der Waals surface area (Å²) in [6.45, 7) is 0. The summed E-state index contributed by atoms with van der Waals surface area (Å²) in [4.78, 5) is 15.8. The molecule has 1 aromatic carbocycles. The van der Waals surface area contributed by atoms with Gasteiger partial charge in [0.1, 0.15) is 0 Å². The number of benzene rings is 1. The Hall–Kier alpha value is -2.47. The third kappa shape index (κ3) is 2.71. The number of nitrogens with two attached hydrogens (primary N) is 1. The molecular formula is C15H15FN4O. The second kappa shape index (κ2) is 5.49. The van der Waals surface area contributed by atoms with Gasteiger partial charge in [-0.3, -0.25) is 4.79 Å². The minimum absolute atomic E-state index is 0.0433. The van der Waals surface area contributed by atoms with Crippen LogP contribution in [-0.4, -0.2) is 16.9 Å². The van der Waals surface area contributed by atoms with Gasteiger partial charge < -0.3 is 10.7 Å². The van der Waals surface area contributed by atoms with Crippen LogP contribution in [-0.2, 0) is 0 Å². The van der Waals surface area contributed by atoms with Gasteiger partial charge in [-0.25, -0.2) is 15.2 Å². The maximum atomic E-state index is 13.9. The first-order valence-electron chi connectivity index (χ1n) is 6.67. The molecule has 3 rings (SSSR count). The molecule has 1 aliphatic rings. The van der Waals surface area contributed by atoms with Crippen molar-refractivity contribution in [3.63, 3.8) is 0 Å². The van der Waals surface area contributed by atoms with Crippen LogP contribution in [0, 0.1) is 5.82 Å². The zero-order valence-corrected chi connectivity index (χ0v) is 11.2. The van der Waals surface area contributed by atoms with Crippen molar-refractivity contribution < 1.29 is 9.18 Å². The molecule has 4 N–H and O–H groups in total. The van der Waals surface area contributed by atoms with Crippen molar-refractivity contribution in [1.29, 1.82) is 0 Å². The van der Waals surface area contributed by atoms with Crippen molar-refractivity contribution in [2.45, 2.75) is 18.4 Å². The van der Waals surface area contributed by atoms with Gasteiger partial charge in [-0.2, -0.15) is 0 Å². The molecule has 2 unspecified atom stereocenters. The number of rotatable bonds is 4. The number of nitrogens with one attached hydrogen (secondary N) is 2. The molecule has 1 heterocycles. The minimum atomic E-state index is -0.741. The van der Waals surface area contributed by atoms with Gasteiger partial charge in [-0.15, -0.1) is 0 Å². The maximum Gasteiger partial charge on any atom is 0.254 e. The lowest BCUT2D eigenvalue weighted by atomic mass is 10.1. The van der Waals surface area contributed by atoms with E-state index in [1.165, 1.54) is 17.8 Å². The Bertz CT molecular complexity index is 662. The Morgan fingerprint density at radius 2 is 2.05 bits per heavy atom. The Balaban J connectivity index is 1.69. The predicted octanol–water partition coefficient (Wildman–Crippen LogP) is 1.79. The second-order valence-electron chi connectivity index (χ2n) is 5.00. The highest BCUT2D eigenvalue weighted by Gasteiger charge is 2.39. The summed E-state index contributed by atoms with van der Waals surface area (Å²) >= 11 is 0. The Labute approximate surface area is 121 Å². The quantitative estimate of drug-likeness (QED) is 0.591. The molecule has 1 saturated carbocycles. The molecule has 0 spiro atoms. The van der Waals surface area contributed by atoms with Gasteiger partial charge in [0.05, 0.1) is 5.56 Å².